The number of rotatable bonds is 4. The molecule has 0 radical (unpaired) electrons. The molecule has 2 aromatic rings. The molecule has 2 rings (SSSR count). The van der Waals surface area contributed by atoms with Gasteiger partial charge in [-0.05, 0) is 24.3 Å². The van der Waals surface area contributed by atoms with E-state index in [4.69, 9.17) is 10.5 Å². The standard InChI is InChI=1S/C13H11FN2O3/c14-10-4-5-13(9(6-10)8-15)19-12-3-1-2-11(7-12)16(17)18/h1-7H,8,15H2. The monoisotopic (exact) mass is 262 g/mol. The average molecular weight is 262 g/mol. The van der Waals surface area contributed by atoms with Crippen LogP contribution >= 0.6 is 0 Å². The molecule has 0 fully saturated rings. The molecule has 0 heterocycles. The topological polar surface area (TPSA) is 78.4 Å². The summed E-state index contributed by atoms with van der Waals surface area (Å²) in [7, 11) is 0. The Labute approximate surface area is 108 Å². The van der Waals surface area contributed by atoms with Crippen molar-refractivity contribution in [3.05, 3.63) is 64.0 Å². The van der Waals surface area contributed by atoms with Crippen molar-refractivity contribution < 1.29 is 14.1 Å². The van der Waals surface area contributed by atoms with Crippen molar-refractivity contribution >= 4 is 5.69 Å². The highest BCUT2D eigenvalue weighted by Gasteiger charge is 2.09. The summed E-state index contributed by atoms with van der Waals surface area (Å²) >= 11 is 0. The highest BCUT2D eigenvalue weighted by atomic mass is 19.1. The van der Waals surface area contributed by atoms with Gasteiger partial charge in [-0.2, -0.15) is 0 Å². The van der Waals surface area contributed by atoms with E-state index in [1.54, 1.807) is 6.07 Å². The third-order valence-corrected chi connectivity index (χ3v) is 2.50. The van der Waals surface area contributed by atoms with E-state index in [2.05, 4.69) is 0 Å². The molecule has 0 saturated carbocycles. The summed E-state index contributed by atoms with van der Waals surface area (Å²) in [5.41, 5.74) is 5.91. The summed E-state index contributed by atoms with van der Waals surface area (Å²) in [5.74, 6) is 0.270. The van der Waals surface area contributed by atoms with Gasteiger partial charge in [-0.1, -0.05) is 6.07 Å². The zero-order valence-electron chi connectivity index (χ0n) is 9.88. The van der Waals surface area contributed by atoms with E-state index in [-0.39, 0.29) is 12.2 Å². The van der Waals surface area contributed by atoms with Gasteiger partial charge < -0.3 is 10.5 Å². The Balaban J connectivity index is 2.30. The largest absolute Gasteiger partial charge is 0.457 e. The zero-order chi connectivity index (χ0) is 13.8. The molecule has 0 aliphatic heterocycles. The fraction of sp³-hybridized carbons (Fsp3) is 0.0769. The van der Waals surface area contributed by atoms with Gasteiger partial charge in [-0.3, -0.25) is 10.1 Å². The van der Waals surface area contributed by atoms with Crippen molar-refractivity contribution in [1.82, 2.24) is 0 Å². The lowest BCUT2D eigenvalue weighted by Crippen LogP contribution is -2.00. The second kappa shape index (κ2) is 5.45. The van der Waals surface area contributed by atoms with Gasteiger partial charge in [0.1, 0.15) is 17.3 Å². The molecule has 0 aliphatic rings. The minimum absolute atomic E-state index is 0.0751. The molecule has 5 nitrogen and oxygen atoms in total. The molecule has 0 amide bonds. The number of nitro benzene ring substituents is 1. The number of halogens is 1. The van der Waals surface area contributed by atoms with Crippen LogP contribution in [0, 0.1) is 15.9 Å². The van der Waals surface area contributed by atoms with Crippen molar-refractivity contribution in [3.8, 4) is 11.5 Å². The van der Waals surface area contributed by atoms with Gasteiger partial charge in [0, 0.05) is 18.2 Å². The second-order valence-electron chi connectivity index (χ2n) is 3.81. The third kappa shape index (κ3) is 3.05. The Hall–Kier alpha value is -2.47. The van der Waals surface area contributed by atoms with E-state index >= 15 is 0 Å². The fourth-order valence-electron chi connectivity index (χ4n) is 1.59. The molecule has 0 spiro atoms. The predicted molar refractivity (Wildman–Crippen MR) is 67.5 cm³/mol. The van der Waals surface area contributed by atoms with Crippen LogP contribution in [0.1, 0.15) is 5.56 Å². The lowest BCUT2D eigenvalue weighted by Gasteiger charge is -2.09. The first-order valence-corrected chi connectivity index (χ1v) is 5.51. The second-order valence-corrected chi connectivity index (χ2v) is 3.81. The van der Waals surface area contributed by atoms with Crippen LogP contribution in [0.5, 0.6) is 11.5 Å². The van der Waals surface area contributed by atoms with E-state index in [9.17, 15) is 14.5 Å². The minimum Gasteiger partial charge on any atom is -0.457 e. The minimum atomic E-state index is -0.513. The Morgan fingerprint density at radius 2 is 2.05 bits per heavy atom. The molecule has 0 unspecified atom stereocenters. The summed E-state index contributed by atoms with van der Waals surface area (Å²) < 4.78 is 18.5. The first kappa shape index (κ1) is 13.0. The molecule has 0 bridgehead atoms. The van der Waals surface area contributed by atoms with Gasteiger partial charge in [-0.15, -0.1) is 0 Å². The zero-order valence-corrected chi connectivity index (χ0v) is 9.88. The first-order valence-electron chi connectivity index (χ1n) is 5.51. The molecule has 19 heavy (non-hydrogen) atoms. The normalized spacial score (nSPS) is 10.2. The summed E-state index contributed by atoms with van der Waals surface area (Å²) in [6.45, 7) is 0.113. The number of nitrogens with two attached hydrogens (primary N) is 1. The van der Waals surface area contributed by atoms with E-state index in [0.717, 1.165) is 0 Å². The number of benzene rings is 2. The van der Waals surface area contributed by atoms with Gasteiger partial charge in [0.05, 0.1) is 11.0 Å². The molecular weight excluding hydrogens is 251 g/mol. The smallest absolute Gasteiger partial charge is 0.273 e. The Morgan fingerprint density at radius 1 is 1.26 bits per heavy atom. The lowest BCUT2D eigenvalue weighted by atomic mass is 10.2. The van der Waals surface area contributed by atoms with Crippen molar-refractivity contribution in [2.75, 3.05) is 0 Å². The van der Waals surface area contributed by atoms with E-state index in [1.165, 1.54) is 36.4 Å². The van der Waals surface area contributed by atoms with Crippen LogP contribution < -0.4 is 10.5 Å². The van der Waals surface area contributed by atoms with Crippen LogP contribution in [0.25, 0.3) is 0 Å². The lowest BCUT2D eigenvalue weighted by molar-refractivity contribution is -0.384. The van der Waals surface area contributed by atoms with Crippen LogP contribution in [0.2, 0.25) is 0 Å². The molecule has 98 valence electrons. The number of hydrogen-bond donors (Lipinski definition) is 1. The highest BCUT2D eigenvalue weighted by molar-refractivity contribution is 5.42. The number of nitro groups is 1. The highest BCUT2D eigenvalue weighted by Crippen LogP contribution is 2.28. The van der Waals surface area contributed by atoms with Crippen molar-refractivity contribution in [1.29, 1.82) is 0 Å². The summed E-state index contributed by atoms with van der Waals surface area (Å²) in [4.78, 5) is 10.1. The molecule has 2 N–H and O–H groups in total. The van der Waals surface area contributed by atoms with Crippen LogP contribution in [0.15, 0.2) is 42.5 Å². The quantitative estimate of drug-likeness (QED) is 0.678. The first-order chi connectivity index (χ1) is 9.10. The van der Waals surface area contributed by atoms with Crippen LogP contribution in [-0.2, 0) is 6.54 Å². The van der Waals surface area contributed by atoms with Crippen molar-refractivity contribution in [2.45, 2.75) is 6.54 Å². The summed E-state index contributed by atoms with van der Waals surface area (Å²) in [6, 6.07) is 9.70. The predicted octanol–water partition coefficient (Wildman–Crippen LogP) is 2.98. The van der Waals surface area contributed by atoms with Crippen molar-refractivity contribution in [2.24, 2.45) is 5.73 Å². The molecule has 2 aromatic carbocycles. The van der Waals surface area contributed by atoms with Gasteiger partial charge in [-0.25, -0.2) is 4.39 Å². The molecule has 0 atom stereocenters. The number of hydrogen-bond acceptors (Lipinski definition) is 4. The number of ether oxygens (including phenoxy) is 1. The van der Waals surface area contributed by atoms with E-state index in [0.29, 0.717) is 17.1 Å². The summed E-state index contributed by atoms with van der Waals surface area (Å²) in [5, 5.41) is 10.7. The molecule has 6 heteroatoms. The third-order valence-electron chi connectivity index (χ3n) is 2.50. The Morgan fingerprint density at radius 3 is 2.74 bits per heavy atom. The maximum atomic E-state index is 13.0. The van der Waals surface area contributed by atoms with Gasteiger partial charge in [0.25, 0.3) is 5.69 Å². The van der Waals surface area contributed by atoms with Crippen LogP contribution in [0.3, 0.4) is 0 Å². The van der Waals surface area contributed by atoms with Crippen LogP contribution in [-0.4, -0.2) is 4.92 Å². The molecule has 0 saturated heterocycles. The Kier molecular flexibility index (Phi) is 3.72. The maximum absolute atomic E-state index is 13.0. The summed E-state index contributed by atoms with van der Waals surface area (Å²) in [6.07, 6.45) is 0. The van der Waals surface area contributed by atoms with Crippen molar-refractivity contribution in [3.63, 3.8) is 0 Å². The maximum Gasteiger partial charge on any atom is 0.273 e. The van der Waals surface area contributed by atoms with E-state index < -0.39 is 10.7 Å². The average Bonchev–Trinajstić information content (AvgIpc) is 2.41. The Bertz CT molecular complexity index is 617. The SMILES string of the molecule is NCc1cc(F)ccc1Oc1cccc([N+](=O)[O-])c1. The van der Waals surface area contributed by atoms with Gasteiger partial charge in [0.2, 0.25) is 0 Å². The fourth-order valence-corrected chi connectivity index (χ4v) is 1.59. The number of nitrogens with zero attached hydrogens (tertiary/aromatic N) is 1. The van der Waals surface area contributed by atoms with Crippen LogP contribution in [0.4, 0.5) is 10.1 Å². The van der Waals surface area contributed by atoms with E-state index in [1.807, 2.05) is 0 Å². The van der Waals surface area contributed by atoms with Gasteiger partial charge in [0.15, 0.2) is 0 Å². The van der Waals surface area contributed by atoms with Gasteiger partial charge >= 0.3 is 0 Å². The molecule has 0 aliphatic carbocycles. The number of non-ortho nitro benzene ring substituents is 1. The molecule has 0 aromatic heterocycles. The molecular formula is C13H11FN2O3.